The summed E-state index contributed by atoms with van der Waals surface area (Å²) < 4.78 is 10.5. The van der Waals surface area contributed by atoms with Gasteiger partial charge in [-0.15, -0.1) is 0 Å². The van der Waals surface area contributed by atoms with Crippen molar-refractivity contribution >= 4 is 24.0 Å². The number of hydrazone groups is 1. The number of nitrogens with zero attached hydrogens (tertiary/aromatic N) is 1. The maximum absolute atomic E-state index is 11.8. The number of hydrogen-bond donors (Lipinski definition) is 3. The Hall–Kier alpha value is -3.88. The van der Waals surface area contributed by atoms with E-state index in [-0.39, 0.29) is 13.2 Å². The number of ether oxygens (including phenoxy) is 2. The molecule has 2 amide bonds. The molecule has 0 unspecified atom stereocenters. The van der Waals surface area contributed by atoms with Gasteiger partial charge < -0.3 is 19.9 Å². The summed E-state index contributed by atoms with van der Waals surface area (Å²) in [6.45, 7) is 0.932. The Balaban J connectivity index is 1.74. The summed E-state index contributed by atoms with van der Waals surface area (Å²) in [6.07, 6.45) is 1.32. The number of carboxylic acids is 1. The number of carboxylic acid groups (broad SMARTS) is 1. The zero-order valence-electron chi connectivity index (χ0n) is 15.8. The van der Waals surface area contributed by atoms with E-state index in [0.717, 1.165) is 5.56 Å². The fourth-order valence-electron chi connectivity index (χ4n) is 2.16. The molecule has 0 aliphatic heterocycles. The van der Waals surface area contributed by atoms with Crippen molar-refractivity contribution in [1.29, 1.82) is 0 Å². The summed E-state index contributed by atoms with van der Waals surface area (Å²) in [4.78, 5) is 34.1. The van der Waals surface area contributed by atoms with E-state index in [9.17, 15) is 14.4 Å². The van der Waals surface area contributed by atoms with E-state index in [2.05, 4.69) is 15.8 Å². The van der Waals surface area contributed by atoms with E-state index in [0.29, 0.717) is 17.1 Å². The lowest BCUT2D eigenvalue weighted by Crippen LogP contribution is -2.37. The van der Waals surface area contributed by atoms with Gasteiger partial charge >= 0.3 is 5.97 Å². The molecule has 0 aliphatic carbocycles. The lowest BCUT2D eigenvalue weighted by atomic mass is 10.2. The average molecular weight is 399 g/mol. The molecule has 0 bridgehead atoms. The molecule has 0 radical (unpaired) electrons. The highest BCUT2D eigenvalue weighted by atomic mass is 16.5. The van der Waals surface area contributed by atoms with Crippen LogP contribution >= 0.6 is 0 Å². The predicted octanol–water partition coefficient (Wildman–Crippen LogP) is 1.10. The number of nitrogens with one attached hydrogen (secondary N) is 2. The third kappa shape index (κ3) is 8.12. The van der Waals surface area contributed by atoms with Crippen LogP contribution in [0.3, 0.4) is 0 Å². The molecule has 0 atom stereocenters. The molecule has 2 aromatic rings. The number of carbonyl (C=O) groups excluding carboxylic acids is 2. The fraction of sp³-hybridized carbons (Fsp3) is 0.200. The summed E-state index contributed by atoms with van der Waals surface area (Å²) in [5, 5.41) is 14.9. The van der Waals surface area contributed by atoms with Crippen LogP contribution in [-0.2, 0) is 14.4 Å². The smallest absolute Gasteiger partial charge is 0.341 e. The first kappa shape index (κ1) is 21.4. The Labute approximate surface area is 167 Å². The topological polar surface area (TPSA) is 126 Å². The lowest BCUT2D eigenvalue weighted by molar-refractivity contribution is -0.139. The summed E-state index contributed by atoms with van der Waals surface area (Å²) in [5.41, 5.74) is 3.76. The van der Waals surface area contributed by atoms with Gasteiger partial charge in [0, 0.05) is 5.56 Å². The zero-order valence-corrected chi connectivity index (χ0v) is 15.8. The van der Waals surface area contributed by atoms with Gasteiger partial charge in [0.25, 0.3) is 11.8 Å². The van der Waals surface area contributed by atoms with E-state index in [4.69, 9.17) is 14.6 Å². The van der Waals surface area contributed by atoms with Crippen LogP contribution in [-0.4, -0.2) is 48.9 Å². The van der Waals surface area contributed by atoms with Crippen molar-refractivity contribution in [2.75, 3.05) is 19.8 Å². The highest BCUT2D eigenvalue weighted by molar-refractivity contribution is 5.87. The van der Waals surface area contributed by atoms with Crippen LogP contribution in [0.15, 0.2) is 53.6 Å². The highest BCUT2D eigenvalue weighted by Gasteiger charge is 2.07. The van der Waals surface area contributed by atoms with Crippen molar-refractivity contribution in [3.63, 3.8) is 0 Å². The Morgan fingerprint density at radius 2 is 1.83 bits per heavy atom. The van der Waals surface area contributed by atoms with Gasteiger partial charge in [-0.1, -0.05) is 24.3 Å². The third-order valence-corrected chi connectivity index (χ3v) is 3.47. The Morgan fingerprint density at radius 1 is 1.03 bits per heavy atom. The standard InChI is InChI=1S/C20H21N3O6/c1-14-5-4-7-16(9-14)28-12-19(25)21-11-18(24)23-22-10-15-6-2-3-8-17(15)29-13-20(26)27/h2-10H,11-13H2,1H3,(H,21,25)(H,23,24)(H,26,27)/b22-10+. The molecule has 152 valence electrons. The van der Waals surface area contributed by atoms with Gasteiger partial charge in [-0.3, -0.25) is 9.59 Å². The Kier molecular flexibility index (Phi) is 8.18. The molecule has 0 heterocycles. The summed E-state index contributed by atoms with van der Waals surface area (Å²) in [7, 11) is 0. The van der Waals surface area contributed by atoms with Crippen molar-refractivity contribution in [3.05, 3.63) is 59.7 Å². The molecule has 0 fully saturated rings. The average Bonchev–Trinajstić information content (AvgIpc) is 2.70. The van der Waals surface area contributed by atoms with E-state index in [1.807, 2.05) is 19.1 Å². The minimum absolute atomic E-state index is 0.214. The monoisotopic (exact) mass is 399 g/mol. The van der Waals surface area contributed by atoms with Crippen LogP contribution in [0.5, 0.6) is 11.5 Å². The van der Waals surface area contributed by atoms with E-state index in [1.54, 1.807) is 36.4 Å². The van der Waals surface area contributed by atoms with Crippen LogP contribution in [0.25, 0.3) is 0 Å². The molecule has 0 saturated carbocycles. The normalized spacial score (nSPS) is 10.4. The van der Waals surface area contributed by atoms with Crippen molar-refractivity contribution in [3.8, 4) is 11.5 Å². The molecule has 3 N–H and O–H groups in total. The number of hydrogen-bond acceptors (Lipinski definition) is 6. The maximum atomic E-state index is 11.8. The van der Waals surface area contributed by atoms with Gasteiger partial charge in [0.1, 0.15) is 11.5 Å². The third-order valence-electron chi connectivity index (χ3n) is 3.47. The van der Waals surface area contributed by atoms with Crippen LogP contribution in [0.1, 0.15) is 11.1 Å². The van der Waals surface area contributed by atoms with Crippen LogP contribution < -0.4 is 20.2 Å². The van der Waals surface area contributed by atoms with Crippen molar-refractivity contribution in [2.24, 2.45) is 5.10 Å². The number of rotatable bonds is 10. The number of aryl methyl sites for hydroxylation is 1. The van der Waals surface area contributed by atoms with Crippen molar-refractivity contribution < 1.29 is 29.0 Å². The van der Waals surface area contributed by atoms with Crippen molar-refractivity contribution in [2.45, 2.75) is 6.92 Å². The molecule has 2 aromatic carbocycles. The van der Waals surface area contributed by atoms with Gasteiger partial charge in [0.2, 0.25) is 0 Å². The van der Waals surface area contributed by atoms with E-state index < -0.39 is 24.4 Å². The number of aliphatic carboxylic acids is 1. The van der Waals surface area contributed by atoms with Crippen molar-refractivity contribution in [1.82, 2.24) is 10.7 Å². The van der Waals surface area contributed by atoms with Crippen LogP contribution in [0, 0.1) is 6.92 Å². The highest BCUT2D eigenvalue weighted by Crippen LogP contribution is 2.15. The van der Waals surface area contributed by atoms with Gasteiger partial charge in [0.05, 0.1) is 12.8 Å². The van der Waals surface area contributed by atoms with E-state index >= 15 is 0 Å². The zero-order chi connectivity index (χ0) is 21.1. The Morgan fingerprint density at radius 3 is 2.59 bits per heavy atom. The lowest BCUT2D eigenvalue weighted by Gasteiger charge is -2.08. The van der Waals surface area contributed by atoms with Gasteiger partial charge in [0.15, 0.2) is 13.2 Å². The van der Waals surface area contributed by atoms with Crippen LogP contribution in [0.4, 0.5) is 0 Å². The van der Waals surface area contributed by atoms with Gasteiger partial charge in [-0.2, -0.15) is 5.10 Å². The minimum Gasteiger partial charge on any atom is -0.484 e. The second-order valence-electron chi connectivity index (χ2n) is 5.90. The molecular formula is C20H21N3O6. The molecular weight excluding hydrogens is 378 g/mol. The quantitative estimate of drug-likeness (QED) is 0.406. The summed E-state index contributed by atoms with van der Waals surface area (Å²) >= 11 is 0. The maximum Gasteiger partial charge on any atom is 0.341 e. The number of para-hydroxylation sites is 1. The molecule has 9 heteroatoms. The van der Waals surface area contributed by atoms with Gasteiger partial charge in [-0.25, -0.2) is 10.2 Å². The predicted molar refractivity (Wildman–Crippen MR) is 105 cm³/mol. The molecule has 2 rings (SSSR count). The molecule has 29 heavy (non-hydrogen) atoms. The number of carbonyl (C=O) groups is 3. The Bertz CT molecular complexity index is 897. The molecule has 9 nitrogen and oxygen atoms in total. The largest absolute Gasteiger partial charge is 0.484 e. The first-order valence-corrected chi connectivity index (χ1v) is 8.65. The van der Waals surface area contributed by atoms with E-state index in [1.165, 1.54) is 6.21 Å². The molecule has 0 aliphatic rings. The fourth-order valence-corrected chi connectivity index (χ4v) is 2.16. The first-order chi connectivity index (χ1) is 13.9. The summed E-state index contributed by atoms with van der Waals surface area (Å²) in [6, 6.07) is 13.9. The first-order valence-electron chi connectivity index (χ1n) is 8.65. The van der Waals surface area contributed by atoms with Crippen LogP contribution in [0.2, 0.25) is 0 Å². The molecule has 0 spiro atoms. The molecule has 0 aromatic heterocycles. The summed E-state index contributed by atoms with van der Waals surface area (Å²) in [5.74, 6) is -1.20. The second-order valence-corrected chi connectivity index (χ2v) is 5.90. The number of amides is 2. The second kappa shape index (κ2) is 11.1. The molecule has 0 saturated heterocycles. The number of benzene rings is 2. The SMILES string of the molecule is Cc1cccc(OCC(=O)NCC(=O)N/N=C/c2ccccc2OCC(=O)O)c1. The van der Waals surface area contributed by atoms with Gasteiger partial charge in [-0.05, 0) is 36.8 Å². The minimum atomic E-state index is -1.10.